The van der Waals surface area contributed by atoms with Crippen LogP contribution in [-0.2, 0) is 90.0 Å². The summed E-state index contributed by atoms with van der Waals surface area (Å²) in [4.78, 5) is 107. The number of rotatable bonds is 8. The number of nitrogens with zero attached hydrogens (tertiary/aromatic N) is 2. The molecule has 0 bridgehead atoms. The number of ether oxygens (including phenoxy) is 4. The minimum absolute atomic E-state index is 0.00661. The number of nitrogens with two attached hydrogens (primary N) is 4. The van der Waals surface area contributed by atoms with Crippen LogP contribution >= 0.6 is 0 Å². The maximum atomic E-state index is 13.6. The second kappa shape index (κ2) is 19.2. The Morgan fingerprint density at radius 1 is 0.442 bits per heavy atom. The highest BCUT2D eigenvalue weighted by molar-refractivity contribution is 7.87. The van der Waals surface area contributed by atoms with Gasteiger partial charge in [-0.2, -0.15) is 33.7 Å². The zero-order chi connectivity index (χ0) is 62.4. The van der Waals surface area contributed by atoms with Crippen LogP contribution in [0.2, 0.25) is 0 Å². The number of anilines is 4. The molecule has 2 fully saturated rings. The summed E-state index contributed by atoms with van der Waals surface area (Å²) >= 11 is 0. The molecule has 6 aliphatic rings. The van der Waals surface area contributed by atoms with E-state index in [1.165, 1.54) is 54.6 Å². The number of amides is 4. The van der Waals surface area contributed by atoms with Crippen molar-refractivity contribution < 1.29 is 119 Å². The minimum Gasteiger partial charge on any atom is -0.453 e. The molecule has 36 heteroatoms. The number of carbonyl (C=O) groups is 8. The van der Waals surface area contributed by atoms with Gasteiger partial charge < -0.3 is 51.6 Å². The van der Waals surface area contributed by atoms with Crippen molar-refractivity contribution in [3.63, 3.8) is 0 Å². The monoisotopic (exact) mass is 1260 g/mol. The molecule has 2 spiro atoms. The molecular formula is C50H34N6O26S4. The highest BCUT2D eigenvalue weighted by Gasteiger charge is 2.59. The Balaban J connectivity index is 0.000000179. The molecule has 0 aromatic heterocycles. The van der Waals surface area contributed by atoms with Crippen LogP contribution in [-0.4, -0.2) is 110 Å². The summed E-state index contributed by atoms with van der Waals surface area (Å²) in [6.45, 7) is 0. The van der Waals surface area contributed by atoms with Gasteiger partial charge in [-0.3, -0.25) is 37.4 Å². The lowest BCUT2D eigenvalue weighted by atomic mass is 9.75. The van der Waals surface area contributed by atoms with Gasteiger partial charge in [0.25, 0.3) is 64.1 Å². The van der Waals surface area contributed by atoms with E-state index in [9.17, 15) is 90.2 Å². The predicted molar refractivity (Wildman–Crippen MR) is 279 cm³/mol. The topological polar surface area (TPSA) is 520 Å². The zero-order valence-corrected chi connectivity index (χ0v) is 45.8. The van der Waals surface area contributed by atoms with Crippen molar-refractivity contribution in [2.45, 2.75) is 56.5 Å². The van der Waals surface area contributed by atoms with Gasteiger partial charge in [-0.1, -0.05) is 36.4 Å². The predicted octanol–water partition coefficient (Wildman–Crippen LogP) is 2.27. The lowest BCUT2D eigenvalue weighted by Crippen LogP contribution is -2.38. The van der Waals surface area contributed by atoms with Gasteiger partial charge in [-0.25, -0.2) is 19.2 Å². The first kappa shape index (κ1) is 57.7. The zero-order valence-electron chi connectivity index (χ0n) is 42.5. The van der Waals surface area contributed by atoms with Gasteiger partial charge in [0.15, 0.2) is 53.8 Å². The fraction of sp³-hybridized carbons (Fsp3) is 0.120. The van der Waals surface area contributed by atoms with E-state index in [1.807, 2.05) is 0 Å². The maximum absolute atomic E-state index is 13.6. The first-order valence-electron chi connectivity index (χ1n) is 24.0. The number of imide groups is 2. The summed E-state index contributed by atoms with van der Waals surface area (Å²) in [6.07, 6.45) is -1.05. The highest BCUT2D eigenvalue weighted by atomic mass is 32.2. The van der Waals surface area contributed by atoms with Crippen LogP contribution in [0.3, 0.4) is 0 Å². The lowest BCUT2D eigenvalue weighted by Gasteiger charge is -2.38. The quantitative estimate of drug-likeness (QED) is 0.0469. The average Bonchev–Trinajstić information content (AvgIpc) is 1.17. The molecule has 12 N–H and O–H groups in total. The lowest BCUT2D eigenvalue weighted by molar-refractivity contribution is -0.173. The third-order valence-corrected chi connectivity index (χ3v) is 17.8. The molecular weight excluding hydrogens is 1230 g/mol. The average molecular weight is 1260 g/mol. The smallest absolute Gasteiger partial charge is 0.366 e. The van der Waals surface area contributed by atoms with E-state index in [0.29, 0.717) is 0 Å². The molecule has 0 aliphatic carbocycles. The van der Waals surface area contributed by atoms with Crippen molar-refractivity contribution in [2.24, 2.45) is 0 Å². The van der Waals surface area contributed by atoms with E-state index >= 15 is 0 Å². The summed E-state index contributed by atoms with van der Waals surface area (Å²) in [5, 5.41) is 0.361. The number of nitrogen functional groups attached to an aromatic ring is 4. The fourth-order valence-electron chi connectivity index (χ4n) is 10.7. The molecule has 2 unspecified atom stereocenters. The van der Waals surface area contributed by atoms with E-state index < -0.39 is 187 Å². The van der Waals surface area contributed by atoms with Gasteiger partial charge in [0.1, 0.15) is 0 Å². The third-order valence-electron chi connectivity index (χ3n) is 14.1. The SMILES string of the molecule is Nc1ccc2c(c1S(=O)(=O)O)Oc1c(c(C(=O)ON3C(=O)CCC3=O)cc(N)c1S(=O)(=O)O)C21OC(=O)c2ccccc21.Nc1ccc2c(c1S(=O)(=O)O)Oc1c(cc(C(=O)ON3C(=O)CCC3=O)c(N)c1S(=O)(=O)O)C21OC(=O)c2ccccc21. The summed E-state index contributed by atoms with van der Waals surface area (Å²) < 4.78 is 164. The van der Waals surface area contributed by atoms with Crippen LogP contribution in [0, 0.1) is 0 Å². The summed E-state index contributed by atoms with van der Waals surface area (Å²) in [5.74, 6) is -11.9. The second-order valence-corrected chi connectivity index (χ2v) is 24.5. The Kier molecular flexibility index (Phi) is 12.9. The Morgan fingerprint density at radius 2 is 0.814 bits per heavy atom. The van der Waals surface area contributed by atoms with E-state index in [-0.39, 0.29) is 69.2 Å². The number of carbonyl (C=O) groups excluding carboxylic acids is 8. The molecule has 12 rings (SSSR count). The van der Waals surface area contributed by atoms with Crippen LogP contribution in [0.4, 0.5) is 22.7 Å². The van der Waals surface area contributed by atoms with Crippen molar-refractivity contribution in [3.8, 4) is 23.0 Å². The van der Waals surface area contributed by atoms with Crippen LogP contribution in [0.5, 0.6) is 23.0 Å². The maximum Gasteiger partial charge on any atom is 0.366 e. The summed E-state index contributed by atoms with van der Waals surface area (Å²) in [7, 11) is -21.3. The van der Waals surface area contributed by atoms with Crippen molar-refractivity contribution in [1.82, 2.24) is 10.1 Å². The normalized spacial score (nSPS) is 19.0. The van der Waals surface area contributed by atoms with Crippen molar-refractivity contribution in [1.29, 1.82) is 0 Å². The minimum atomic E-state index is -5.47. The standard InChI is InChI=1S/2C25H17N3O13S2/c26-15-6-5-13-19(21(15)42(33,34)35)39-20-14(25(13)12-4-2-1-3-10(12)23(31)40-25)9-11(18(27)22(20)43(36,37)38)24(32)41-28-16(29)7-8-17(28)30;26-14-6-5-13-19(21(14)42(33,34)35)39-20-18(25(13)12-4-2-1-3-10(12)23(31)40-25)11(9-15(27)22(20)43(36,37)38)24(32)41-28-16(29)7-8-17(28)30/h2*1-6,9H,7-8,26-27H2,(H,33,34,35)(H,36,37,38). The first-order chi connectivity index (χ1) is 40.1. The number of fused-ring (bicyclic) bond motifs is 12. The van der Waals surface area contributed by atoms with Crippen LogP contribution in [0.25, 0.3) is 0 Å². The Hall–Kier alpha value is -10.1. The number of hydroxylamine groups is 4. The van der Waals surface area contributed by atoms with Crippen molar-refractivity contribution in [3.05, 3.63) is 141 Å². The number of esters is 2. The van der Waals surface area contributed by atoms with E-state index in [1.54, 1.807) is 0 Å². The van der Waals surface area contributed by atoms with Crippen molar-refractivity contribution >= 4 is 111 Å². The van der Waals surface area contributed by atoms with Crippen LogP contribution < -0.4 is 32.4 Å². The number of benzene rings is 6. The second-order valence-electron chi connectivity index (χ2n) is 19.1. The molecule has 6 aliphatic heterocycles. The molecule has 0 radical (unpaired) electrons. The molecule has 6 heterocycles. The largest absolute Gasteiger partial charge is 0.453 e. The van der Waals surface area contributed by atoms with Gasteiger partial charge in [-0.15, -0.1) is 10.1 Å². The van der Waals surface area contributed by atoms with Crippen LogP contribution in [0.1, 0.15) is 100 Å². The molecule has 2 atom stereocenters. The molecule has 6 aromatic rings. The third kappa shape index (κ3) is 8.59. The molecule has 2 saturated heterocycles. The number of hydrogen-bond donors (Lipinski definition) is 8. The van der Waals surface area contributed by atoms with Gasteiger partial charge >= 0.3 is 23.9 Å². The molecule has 444 valence electrons. The Bertz CT molecular complexity index is 4710. The van der Waals surface area contributed by atoms with E-state index in [4.69, 9.17) is 51.6 Å². The summed E-state index contributed by atoms with van der Waals surface area (Å²) in [6, 6.07) is 17.2. The Morgan fingerprint density at radius 3 is 1.27 bits per heavy atom. The van der Waals surface area contributed by atoms with Crippen LogP contribution in [0.15, 0.2) is 105 Å². The molecule has 4 amide bonds. The van der Waals surface area contributed by atoms with Gasteiger partial charge in [0.05, 0.1) is 56.1 Å². The summed E-state index contributed by atoms with van der Waals surface area (Å²) in [5.41, 5.74) is 12.5. The molecule has 6 aromatic carbocycles. The highest BCUT2D eigenvalue weighted by Crippen LogP contribution is 2.63. The van der Waals surface area contributed by atoms with E-state index in [0.717, 1.165) is 30.3 Å². The van der Waals surface area contributed by atoms with Crippen molar-refractivity contribution in [2.75, 3.05) is 22.9 Å². The fourth-order valence-corrected chi connectivity index (χ4v) is 13.7. The number of hydrogen-bond acceptors (Lipinski definition) is 26. The van der Waals surface area contributed by atoms with Gasteiger partial charge in [0.2, 0.25) is 0 Å². The first-order valence-corrected chi connectivity index (χ1v) is 29.8. The van der Waals surface area contributed by atoms with Gasteiger partial charge in [-0.05, 0) is 48.5 Å². The van der Waals surface area contributed by atoms with Gasteiger partial charge in [0, 0.05) is 47.9 Å². The molecule has 86 heavy (non-hydrogen) atoms. The molecule has 0 saturated carbocycles. The Labute approximate surface area is 480 Å². The molecule has 32 nitrogen and oxygen atoms in total. The van der Waals surface area contributed by atoms with E-state index in [2.05, 4.69) is 0 Å².